The molecule has 0 bridgehead atoms. The molecule has 1 aromatic heterocycles. The zero-order chi connectivity index (χ0) is 13.2. The largest absolute Gasteiger partial charge is 0.299 e. The highest BCUT2D eigenvalue weighted by Gasteiger charge is 2.06. The molecule has 3 nitrogen and oxygen atoms in total. The first kappa shape index (κ1) is 15.2. The van der Waals surface area contributed by atoms with Crippen molar-refractivity contribution in [3.05, 3.63) is 18.0 Å². The second-order valence-electron chi connectivity index (χ2n) is 5.21. The van der Waals surface area contributed by atoms with Gasteiger partial charge in [-0.15, -0.1) is 0 Å². The summed E-state index contributed by atoms with van der Waals surface area (Å²) in [5.74, 6) is 0. The highest BCUT2D eigenvalue weighted by Crippen LogP contribution is 2.08. The molecule has 104 valence electrons. The molecule has 1 heterocycles. The van der Waals surface area contributed by atoms with Crippen molar-refractivity contribution in [3.63, 3.8) is 0 Å². The van der Waals surface area contributed by atoms with Gasteiger partial charge in [0.1, 0.15) is 0 Å². The van der Waals surface area contributed by atoms with Gasteiger partial charge in [0.25, 0.3) is 0 Å². The van der Waals surface area contributed by atoms with Crippen LogP contribution in [0.25, 0.3) is 0 Å². The molecule has 0 radical (unpaired) electrons. The third kappa shape index (κ3) is 6.20. The first-order chi connectivity index (χ1) is 8.76. The molecule has 1 aromatic rings. The van der Waals surface area contributed by atoms with E-state index in [2.05, 4.69) is 30.0 Å². The highest BCUT2D eigenvalue weighted by molar-refractivity contribution is 5.03. The number of hydrogen-bond acceptors (Lipinski definition) is 2. The lowest BCUT2D eigenvalue weighted by Crippen LogP contribution is -2.25. The lowest BCUT2D eigenvalue weighted by molar-refractivity contribution is 0.254. The highest BCUT2D eigenvalue weighted by atomic mass is 15.2. The number of aromatic nitrogens is 2. The first-order valence-corrected chi connectivity index (χ1v) is 7.46. The minimum atomic E-state index is 1.06. The zero-order valence-electron chi connectivity index (χ0n) is 12.4. The summed E-state index contributed by atoms with van der Waals surface area (Å²) in [6, 6.07) is 0. The van der Waals surface area contributed by atoms with Crippen molar-refractivity contribution in [1.29, 1.82) is 0 Å². The Morgan fingerprint density at radius 2 is 1.67 bits per heavy atom. The molecule has 0 saturated heterocycles. The molecule has 0 unspecified atom stereocenters. The number of rotatable bonds is 10. The predicted octanol–water partition coefficient (Wildman–Crippen LogP) is 3.60. The Morgan fingerprint density at radius 3 is 2.11 bits per heavy atom. The van der Waals surface area contributed by atoms with Gasteiger partial charge >= 0.3 is 0 Å². The standard InChI is InChI=1S/C15H29N3/c1-4-6-8-10-18(11-9-7-5-2)14-15-12-16-17(3)13-15/h12-13H,4-11,14H2,1-3H3. The van der Waals surface area contributed by atoms with Gasteiger partial charge in [0.05, 0.1) is 6.20 Å². The Morgan fingerprint density at radius 1 is 1.06 bits per heavy atom. The molecular weight excluding hydrogens is 222 g/mol. The summed E-state index contributed by atoms with van der Waals surface area (Å²) in [6.45, 7) is 8.05. The summed E-state index contributed by atoms with van der Waals surface area (Å²) in [6.07, 6.45) is 12.1. The normalized spacial score (nSPS) is 11.3. The average Bonchev–Trinajstić information content (AvgIpc) is 2.75. The summed E-state index contributed by atoms with van der Waals surface area (Å²) >= 11 is 0. The molecule has 0 aliphatic heterocycles. The van der Waals surface area contributed by atoms with Crippen LogP contribution in [0.4, 0.5) is 0 Å². The molecule has 18 heavy (non-hydrogen) atoms. The molecule has 0 N–H and O–H groups in total. The van der Waals surface area contributed by atoms with Crippen LogP contribution >= 0.6 is 0 Å². The predicted molar refractivity (Wildman–Crippen MR) is 77.5 cm³/mol. The van der Waals surface area contributed by atoms with E-state index in [4.69, 9.17) is 0 Å². The summed E-state index contributed by atoms with van der Waals surface area (Å²) < 4.78 is 1.89. The Balaban J connectivity index is 2.37. The monoisotopic (exact) mass is 251 g/mol. The fourth-order valence-corrected chi connectivity index (χ4v) is 2.25. The van der Waals surface area contributed by atoms with Crippen LogP contribution in [-0.4, -0.2) is 27.8 Å². The fraction of sp³-hybridized carbons (Fsp3) is 0.800. The van der Waals surface area contributed by atoms with E-state index in [1.165, 1.54) is 57.2 Å². The number of nitrogens with zero attached hydrogens (tertiary/aromatic N) is 3. The van der Waals surface area contributed by atoms with Crippen molar-refractivity contribution in [2.24, 2.45) is 7.05 Å². The van der Waals surface area contributed by atoms with Crippen molar-refractivity contribution < 1.29 is 0 Å². The molecule has 0 aromatic carbocycles. The Hall–Kier alpha value is -0.830. The SMILES string of the molecule is CCCCCN(CCCCC)Cc1cnn(C)c1. The van der Waals surface area contributed by atoms with Gasteiger partial charge in [-0.05, 0) is 25.9 Å². The number of hydrogen-bond donors (Lipinski definition) is 0. The number of aryl methyl sites for hydroxylation is 1. The molecule has 0 saturated carbocycles. The maximum atomic E-state index is 4.25. The molecule has 3 heteroatoms. The van der Waals surface area contributed by atoms with Crippen molar-refractivity contribution in [3.8, 4) is 0 Å². The van der Waals surface area contributed by atoms with Gasteiger partial charge in [0, 0.05) is 25.4 Å². The Bertz CT molecular complexity index is 296. The van der Waals surface area contributed by atoms with Gasteiger partial charge in [-0.2, -0.15) is 5.10 Å². The van der Waals surface area contributed by atoms with Crippen molar-refractivity contribution in [2.75, 3.05) is 13.1 Å². The van der Waals surface area contributed by atoms with Crippen LogP contribution in [0.15, 0.2) is 12.4 Å². The first-order valence-electron chi connectivity index (χ1n) is 7.46. The van der Waals surface area contributed by atoms with Gasteiger partial charge in [-0.3, -0.25) is 9.58 Å². The molecule has 0 fully saturated rings. The van der Waals surface area contributed by atoms with E-state index < -0.39 is 0 Å². The van der Waals surface area contributed by atoms with Crippen LogP contribution in [0.3, 0.4) is 0 Å². The van der Waals surface area contributed by atoms with Gasteiger partial charge < -0.3 is 0 Å². The van der Waals surface area contributed by atoms with Crippen molar-refractivity contribution in [2.45, 2.75) is 58.9 Å². The third-order valence-electron chi connectivity index (χ3n) is 3.32. The van der Waals surface area contributed by atoms with Crippen LogP contribution in [0, 0.1) is 0 Å². The third-order valence-corrected chi connectivity index (χ3v) is 3.32. The molecular formula is C15H29N3. The molecule has 0 atom stereocenters. The fourth-order valence-electron chi connectivity index (χ4n) is 2.25. The topological polar surface area (TPSA) is 21.1 Å². The van der Waals surface area contributed by atoms with Gasteiger partial charge in [0.2, 0.25) is 0 Å². The van der Waals surface area contributed by atoms with E-state index in [1.54, 1.807) is 0 Å². The van der Waals surface area contributed by atoms with Gasteiger partial charge in [0.15, 0.2) is 0 Å². The number of unbranched alkanes of at least 4 members (excludes halogenated alkanes) is 4. The lowest BCUT2D eigenvalue weighted by atomic mass is 10.2. The smallest absolute Gasteiger partial charge is 0.0534 e. The van der Waals surface area contributed by atoms with Gasteiger partial charge in [-0.1, -0.05) is 39.5 Å². The van der Waals surface area contributed by atoms with Crippen LogP contribution in [-0.2, 0) is 13.6 Å². The van der Waals surface area contributed by atoms with E-state index in [0.717, 1.165) is 6.54 Å². The Labute approximate surface area is 112 Å². The molecule has 0 amide bonds. The maximum absolute atomic E-state index is 4.25. The molecule has 0 spiro atoms. The second kappa shape index (κ2) is 9.15. The quantitative estimate of drug-likeness (QED) is 0.592. The van der Waals surface area contributed by atoms with Crippen molar-refractivity contribution >= 4 is 0 Å². The lowest BCUT2D eigenvalue weighted by Gasteiger charge is -2.21. The van der Waals surface area contributed by atoms with Gasteiger partial charge in [-0.25, -0.2) is 0 Å². The Kier molecular flexibility index (Phi) is 7.74. The zero-order valence-corrected chi connectivity index (χ0v) is 12.4. The summed E-state index contributed by atoms with van der Waals surface area (Å²) in [4.78, 5) is 2.59. The second-order valence-corrected chi connectivity index (χ2v) is 5.21. The van der Waals surface area contributed by atoms with Crippen LogP contribution in [0.2, 0.25) is 0 Å². The van der Waals surface area contributed by atoms with Crippen molar-refractivity contribution in [1.82, 2.24) is 14.7 Å². The summed E-state index contributed by atoms with van der Waals surface area (Å²) in [5.41, 5.74) is 1.34. The molecule has 0 aliphatic rings. The summed E-state index contributed by atoms with van der Waals surface area (Å²) in [5, 5.41) is 4.25. The van der Waals surface area contributed by atoms with E-state index in [0.29, 0.717) is 0 Å². The van der Waals surface area contributed by atoms with Crippen LogP contribution < -0.4 is 0 Å². The van der Waals surface area contributed by atoms with E-state index in [1.807, 2.05) is 17.9 Å². The van der Waals surface area contributed by atoms with E-state index in [-0.39, 0.29) is 0 Å². The minimum Gasteiger partial charge on any atom is -0.299 e. The average molecular weight is 251 g/mol. The van der Waals surface area contributed by atoms with Crippen LogP contribution in [0.5, 0.6) is 0 Å². The molecule has 1 rings (SSSR count). The molecule has 0 aliphatic carbocycles. The minimum absolute atomic E-state index is 1.06. The maximum Gasteiger partial charge on any atom is 0.0534 e. The van der Waals surface area contributed by atoms with E-state index >= 15 is 0 Å². The van der Waals surface area contributed by atoms with E-state index in [9.17, 15) is 0 Å². The summed E-state index contributed by atoms with van der Waals surface area (Å²) in [7, 11) is 1.99. The van der Waals surface area contributed by atoms with Crippen LogP contribution in [0.1, 0.15) is 57.9 Å².